The number of rotatable bonds is 5. The molecule has 0 radical (unpaired) electrons. The number of anilines is 1. The van der Waals surface area contributed by atoms with Gasteiger partial charge in [0.15, 0.2) is 5.82 Å². The fraction of sp³-hybridized carbons (Fsp3) is 0.385. The zero-order valence-corrected chi connectivity index (χ0v) is 11.8. The number of nitrogens with one attached hydrogen (secondary N) is 1. The Hall–Kier alpha value is -2.44. The van der Waals surface area contributed by atoms with E-state index in [4.69, 9.17) is 0 Å². The Bertz CT molecular complexity index is 609. The van der Waals surface area contributed by atoms with Gasteiger partial charge in [0.1, 0.15) is 12.1 Å². The molecule has 0 aromatic carbocycles. The maximum Gasteiger partial charge on any atom is 0.339 e. The summed E-state index contributed by atoms with van der Waals surface area (Å²) >= 11 is 0. The third-order valence-corrected chi connectivity index (χ3v) is 2.79. The van der Waals surface area contributed by atoms with Crippen molar-refractivity contribution in [3.63, 3.8) is 0 Å². The topological polar surface area (TPSA) is 81.9 Å². The van der Waals surface area contributed by atoms with E-state index >= 15 is 0 Å². The molecule has 0 amide bonds. The smallest absolute Gasteiger partial charge is 0.339 e. The summed E-state index contributed by atoms with van der Waals surface area (Å²) in [5, 5.41) is 7.37. The normalized spacial score (nSPS) is 10.3. The van der Waals surface area contributed by atoms with Gasteiger partial charge in [-0.3, -0.25) is 4.68 Å². The first-order valence-corrected chi connectivity index (χ1v) is 6.24. The van der Waals surface area contributed by atoms with Crippen molar-refractivity contribution in [1.82, 2.24) is 19.7 Å². The predicted molar refractivity (Wildman–Crippen MR) is 73.5 cm³/mol. The number of carbonyl (C=O) groups excluding carboxylic acids is 1. The molecule has 2 aromatic rings. The number of nitrogens with zero attached hydrogens (tertiary/aromatic N) is 4. The summed E-state index contributed by atoms with van der Waals surface area (Å²) in [6.45, 7) is 2.45. The van der Waals surface area contributed by atoms with E-state index in [2.05, 4.69) is 25.1 Å². The van der Waals surface area contributed by atoms with Crippen molar-refractivity contribution in [2.75, 3.05) is 19.0 Å². The van der Waals surface area contributed by atoms with E-state index in [0.717, 1.165) is 5.82 Å². The van der Waals surface area contributed by atoms with Crippen LogP contribution in [0.15, 0.2) is 18.5 Å². The van der Waals surface area contributed by atoms with Gasteiger partial charge in [-0.15, -0.1) is 0 Å². The highest BCUT2D eigenvalue weighted by Gasteiger charge is 2.10. The van der Waals surface area contributed by atoms with E-state index in [9.17, 15) is 4.79 Å². The van der Waals surface area contributed by atoms with Crippen molar-refractivity contribution in [2.24, 2.45) is 7.05 Å². The molecule has 2 heterocycles. The molecular formula is C13H17N5O2. The first kappa shape index (κ1) is 14.0. The second-order valence-electron chi connectivity index (χ2n) is 4.33. The van der Waals surface area contributed by atoms with Gasteiger partial charge in [-0.2, -0.15) is 5.10 Å². The maximum atomic E-state index is 11.4. The highest BCUT2D eigenvalue weighted by molar-refractivity contribution is 5.90. The van der Waals surface area contributed by atoms with Crippen LogP contribution in [0.4, 0.5) is 5.82 Å². The SMILES string of the molecule is COC(=O)c1ccc(NCCc2ncn(C)n2)nc1C. The molecule has 0 aliphatic carbocycles. The second-order valence-corrected chi connectivity index (χ2v) is 4.33. The monoisotopic (exact) mass is 275 g/mol. The number of hydrogen-bond donors (Lipinski definition) is 1. The van der Waals surface area contributed by atoms with Crippen molar-refractivity contribution in [3.05, 3.63) is 35.5 Å². The van der Waals surface area contributed by atoms with E-state index in [1.165, 1.54) is 7.11 Å². The molecule has 0 spiro atoms. The van der Waals surface area contributed by atoms with E-state index in [-0.39, 0.29) is 5.97 Å². The molecule has 20 heavy (non-hydrogen) atoms. The molecule has 2 aromatic heterocycles. The Morgan fingerprint density at radius 1 is 1.45 bits per heavy atom. The minimum absolute atomic E-state index is 0.376. The average Bonchev–Trinajstić information content (AvgIpc) is 2.84. The number of esters is 1. The van der Waals surface area contributed by atoms with Crippen molar-refractivity contribution in [2.45, 2.75) is 13.3 Å². The summed E-state index contributed by atoms with van der Waals surface area (Å²) in [6.07, 6.45) is 2.38. The lowest BCUT2D eigenvalue weighted by atomic mass is 10.2. The molecule has 0 unspecified atom stereocenters. The van der Waals surface area contributed by atoms with Gasteiger partial charge in [-0.05, 0) is 19.1 Å². The summed E-state index contributed by atoms with van der Waals surface area (Å²) in [4.78, 5) is 19.9. The Kier molecular flexibility index (Phi) is 4.29. The number of hydrogen-bond acceptors (Lipinski definition) is 6. The van der Waals surface area contributed by atoms with Crippen LogP contribution < -0.4 is 5.32 Å². The first-order valence-electron chi connectivity index (χ1n) is 6.24. The molecule has 0 atom stereocenters. The van der Waals surface area contributed by atoms with Gasteiger partial charge in [-0.25, -0.2) is 14.8 Å². The van der Waals surface area contributed by atoms with Gasteiger partial charge < -0.3 is 10.1 Å². The lowest BCUT2D eigenvalue weighted by molar-refractivity contribution is 0.0599. The van der Waals surface area contributed by atoms with Gasteiger partial charge >= 0.3 is 5.97 Å². The Labute approximate surface area is 117 Å². The average molecular weight is 275 g/mol. The van der Waals surface area contributed by atoms with Gasteiger partial charge in [-0.1, -0.05) is 0 Å². The van der Waals surface area contributed by atoms with Gasteiger partial charge in [0.25, 0.3) is 0 Å². The summed E-state index contributed by atoms with van der Waals surface area (Å²) < 4.78 is 6.35. The van der Waals surface area contributed by atoms with E-state index < -0.39 is 0 Å². The van der Waals surface area contributed by atoms with Gasteiger partial charge in [0.2, 0.25) is 0 Å². The van der Waals surface area contributed by atoms with Crippen LogP contribution in [-0.4, -0.2) is 39.4 Å². The minimum atomic E-state index is -0.376. The molecule has 0 saturated heterocycles. The van der Waals surface area contributed by atoms with Crippen molar-refractivity contribution in [3.8, 4) is 0 Å². The molecule has 7 heteroatoms. The van der Waals surface area contributed by atoms with E-state index in [1.54, 1.807) is 30.1 Å². The third-order valence-electron chi connectivity index (χ3n) is 2.79. The molecule has 7 nitrogen and oxygen atoms in total. The lowest BCUT2D eigenvalue weighted by Gasteiger charge is -2.07. The molecule has 0 aliphatic heterocycles. The zero-order chi connectivity index (χ0) is 14.5. The summed E-state index contributed by atoms with van der Waals surface area (Å²) in [6, 6.07) is 3.46. The third kappa shape index (κ3) is 3.31. The van der Waals surface area contributed by atoms with Gasteiger partial charge in [0, 0.05) is 20.0 Å². The van der Waals surface area contributed by atoms with Crippen molar-refractivity contribution < 1.29 is 9.53 Å². The standard InChI is InChI=1S/C13H17N5O2/c1-9-10(13(19)20-3)4-5-11(16-9)14-7-6-12-15-8-18(2)17-12/h4-5,8H,6-7H2,1-3H3,(H,14,16). The molecular weight excluding hydrogens is 258 g/mol. The molecule has 0 bridgehead atoms. The lowest BCUT2D eigenvalue weighted by Crippen LogP contribution is -2.10. The van der Waals surface area contributed by atoms with Crippen LogP contribution in [0.2, 0.25) is 0 Å². The van der Waals surface area contributed by atoms with Crippen LogP contribution in [0.5, 0.6) is 0 Å². The predicted octanol–water partition coefficient (Wildman–Crippen LogP) is 0.960. The van der Waals surface area contributed by atoms with Crippen LogP contribution in [0.3, 0.4) is 0 Å². The Morgan fingerprint density at radius 2 is 2.25 bits per heavy atom. The number of ether oxygens (including phenoxy) is 1. The van der Waals surface area contributed by atoms with Gasteiger partial charge in [0.05, 0.1) is 18.4 Å². The highest BCUT2D eigenvalue weighted by Crippen LogP contribution is 2.11. The van der Waals surface area contributed by atoms with Crippen LogP contribution in [-0.2, 0) is 18.2 Å². The largest absolute Gasteiger partial charge is 0.465 e. The van der Waals surface area contributed by atoms with Crippen molar-refractivity contribution >= 4 is 11.8 Å². The fourth-order valence-electron chi connectivity index (χ4n) is 1.79. The zero-order valence-electron chi connectivity index (χ0n) is 11.8. The van der Waals surface area contributed by atoms with Crippen LogP contribution in [0.25, 0.3) is 0 Å². The summed E-state index contributed by atoms with van der Waals surface area (Å²) in [5.74, 6) is 1.12. The van der Waals surface area contributed by atoms with E-state index in [1.807, 2.05) is 7.05 Å². The molecule has 2 rings (SSSR count). The summed E-state index contributed by atoms with van der Waals surface area (Å²) in [5.41, 5.74) is 1.11. The van der Waals surface area contributed by atoms with Crippen molar-refractivity contribution in [1.29, 1.82) is 0 Å². The number of pyridine rings is 1. The Morgan fingerprint density at radius 3 is 2.85 bits per heavy atom. The maximum absolute atomic E-state index is 11.4. The minimum Gasteiger partial charge on any atom is -0.465 e. The first-order chi connectivity index (χ1) is 9.60. The van der Waals surface area contributed by atoms with E-state index in [0.29, 0.717) is 30.0 Å². The fourth-order valence-corrected chi connectivity index (χ4v) is 1.79. The summed E-state index contributed by atoms with van der Waals surface area (Å²) in [7, 11) is 3.19. The molecule has 0 aliphatic rings. The molecule has 1 N–H and O–H groups in total. The van der Waals surface area contributed by atoms with Crippen LogP contribution >= 0.6 is 0 Å². The molecule has 0 fully saturated rings. The van der Waals surface area contributed by atoms with Crippen LogP contribution in [0, 0.1) is 6.92 Å². The second kappa shape index (κ2) is 6.14. The molecule has 0 saturated carbocycles. The number of aromatic nitrogens is 4. The molecule has 106 valence electrons. The highest BCUT2D eigenvalue weighted by atomic mass is 16.5. The number of aryl methyl sites for hydroxylation is 2. The number of carbonyl (C=O) groups is 1. The quantitative estimate of drug-likeness (QED) is 0.818. The number of methoxy groups -OCH3 is 1. The Balaban J connectivity index is 1.93. The van der Waals surface area contributed by atoms with Crippen LogP contribution in [0.1, 0.15) is 21.9 Å².